The predicted molar refractivity (Wildman–Crippen MR) is 78.0 cm³/mol. The van der Waals surface area contributed by atoms with Crippen molar-refractivity contribution in [2.24, 2.45) is 0 Å². The van der Waals surface area contributed by atoms with Gasteiger partial charge in [0.25, 0.3) is 0 Å². The van der Waals surface area contributed by atoms with Crippen LogP contribution in [0.1, 0.15) is 45.1 Å². The second-order valence-corrected chi connectivity index (χ2v) is 4.88. The molecule has 0 bridgehead atoms. The van der Waals surface area contributed by atoms with E-state index in [9.17, 15) is 4.79 Å². The van der Waals surface area contributed by atoms with Crippen molar-refractivity contribution in [1.29, 1.82) is 0 Å². The smallest absolute Gasteiger partial charge is 0.307 e. The maximum Gasteiger partial charge on any atom is 0.307 e. The number of benzene rings is 1. The summed E-state index contributed by atoms with van der Waals surface area (Å²) in [7, 11) is 1.45. The summed E-state index contributed by atoms with van der Waals surface area (Å²) in [4.78, 5) is 11.8. The summed E-state index contributed by atoms with van der Waals surface area (Å²) in [6.07, 6.45) is 3.36. The van der Waals surface area contributed by atoms with Crippen molar-refractivity contribution in [3.05, 3.63) is 35.9 Å². The Hall–Kier alpha value is -1.35. The Balaban J connectivity index is 3.06. The highest BCUT2D eigenvalue weighted by molar-refractivity contribution is 5.71. The lowest BCUT2D eigenvalue weighted by Gasteiger charge is -2.34. The molecule has 0 amide bonds. The van der Waals surface area contributed by atoms with Crippen molar-refractivity contribution >= 4 is 5.97 Å². The molecule has 3 nitrogen and oxygen atoms in total. The van der Waals surface area contributed by atoms with Gasteiger partial charge in [0.15, 0.2) is 0 Å². The van der Waals surface area contributed by atoms with Crippen molar-refractivity contribution in [1.82, 2.24) is 5.32 Å². The third-order valence-electron chi connectivity index (χ3n) is 3.39. The van der Waals surface area contributed by atoms with Crippen molar-refractivity contribution in [3.8, 4) is 0 Å². The van der Waals surface area contributed by atoms with Crippen LogP contribution in [0.4, 0.5) is 0 Å². The molecule has 0 saturated carbocycles. The lowest BCUT2D eigenvalue weighted by Crippen LogP contribution is -2.44. The largest absolute Gasteiger partial charge is 0.469 e. The van der Waals surface area contributed by atoms with Crippen molar-refractivity contribution in [3.63, 3.8) is 0 Å². The fourth-order valence-electron chi connectivity index (χ4n) is 2.45. The van der Waals surface area contributed by atoms with Gasteiger partial charge in [0.2, 0.25) is 0 Å². The van der Waals surface area contributed by atoms with E-state index in [4.69, 9.17) is 4.74 Å². The number of hydrogen-bond donors (Lipinski definition) is 1. The highest BCUT2D eigenvalue weighted by Crippen LogP contribution is 2.30. The van der Waals surface area contributed by atoms with Crippen molar-refractivity contribution in [2.45, 2.75) is 45.1 Å². The first-order valence-electron chi connectivity index (χ1n) is 7.06. The minimum atomic E-state index is -0.306. The van der Waals surface area contributed by atoms with Crippen molar-refractivity contribution in [2.75, 3.05) is 13.7 Å². The Labute approximate surface area is 116 Å². The summed E-state index contributed by atoms with van der Waals surface area (Å²) >= 11 is 0. The summed E-state index contributed by atoms with van der Waals surface area (Å²) in [5.74, 6) is -0.166. The molecule has 0 radical (unpaired) electrons. The number of ether oxygens (including phenoxy) is 1. The van der Waals surface area contributed by atoms with Crippen LogP contribution in [0.3, 0.4) is 0 Å². The maximum absolute atomic E-state index is 11.8. The molecule has 1 atom stereocenters. The summed E-state index contributed by atoms with van der Waals surface area (Å²) in [5.41, 5.74) is 0.856. The Morgan fingerprint density at radius 2 is 1.89 bits per heavy atom. The first-order valence-corrected chi connectivity index (χ1v) is 7.06. The lowest BCUT2D eigenvalue weighted by atomic mass is 9.82. The van der Waals surface area contributed by atoms with Crippen LogP contribution in [0, 0.1) is 0 Å². The third-order valence-corrected chi connectivity index (χ3v) is 3.39. The molecule has 1 rings (SSSR count). The molecule has 3 heteroatoms. The molecular formula is C16H25NO2. The monoisotopic (exact) mass is 263 g/mol. The molecule has 0 saturated heterocycles. The second-order valence-electron chi connectivity index (χ2n) is 4.88. The number of hydrogen-bond acceptors (Lipinski definition) is 3. The van der Waals surface area contributed by atoms with Crippen LogP contribution < -0.4 is 5.32 Å². The zero-order valence-corrected chi connectivity index (χ0v) is 12.2. The van der Waals surface area contributed by atoms with E-state index in [0.29, 0.717) is 6.42 Å². The minimum Gasteiger partial charge on any atom is -0.469 e. The zero-order chi connectivity index (χ0) is 14.1. The van der Waals surface area contributed by atoms with Gasteiger partial charge in [-0.25, -0.2) is 0 Å². The van der Waals surface area contributed by atoms with Crippen LogP contribution >= 0.6 is 0 Å². The highest BCUT2D eigenvalue weighted by atomic mass is 16.5. The normalized spacial score (nSPS) is 13.8. The Kier molecular flexibility index (Phi) is 6.57. The molecule has 0 aliphatic carbocycles. The lowest BCUT2D eigenvalue weighted by molar-refractivity contribution is -0.142. The number of methoxy groups -OCH3 is 1. The van der Waals surface area contributed by atoms with Crippen LogP contribution in [0.15, 0.2) is 30.3 Å². The molecule has 1 aromatic carbocycles. The van der Waals surface area contributed by atoms with Crippen LogP contribution in [0.25, 0.3) is 0 Å². The van der Waals surface area contributed by atoms with Gasteiger partial charge in [-0.2, -0.15) is 0 Å². The Morgan fingerprint density at radius 3 is 2.42 bits per heavy atom. The van der Waals surface area contributed by atoms with Crippen LogP contribution in [-0.2, 0) is 15.1 Å². The van der Waals surface area contributed by atoms with Crippen LogP contribution in [0.5, 0.6) is 0 Å². The van der Waals surface area contributed by atoms with Crippen LogP contribution in [0.2, 0.25) is 0 Å². The van der Waals surface area contributed by atoms with E-state index >= 15 is 0 Å². The van der Waals surface area contributed by atoms with Crippen LogP contribution in [-0.4, -0.2) is 19.6 Å². The van der Waals surface area contributed by atoms with Gasteiger partial charge in [-0.1, -0.05) is 50.6 Å². The third kappa shape index (κ3) is 4.35. The second kappa shape index (κ2) is 7.95. The molecule has 0 spiro atoms. The first kappa shape index (κ1) is 15.7. The molecular weight excluding hydrogens is 238 g/mol. The average molecular weight is 263 g/mol. The zero-order valence-electron chi connectivity index (χ0n) is 12.2. The van der Waals surface area contributed by atoms with Gasteiger partial charge in [0, 0.05) is 0 Å². The molecule has 19 heavy (non-hydrogen) atoms. The Bertz CT molecular complexity index is 378. The molecule has 0 aromatic heterocycles. The first-order chi connectivity index (χ1) is 9.18. The topological polar surface area (TPSA) is 38.3 Å². The number of rotatable bonds is 8. The summed E-state index contributed by atoms with van der Waals surface area (Å²) in [5, 5.41) is 3.56. The molecule has 0 aliphatic heterocycles. The van der Waals surface area contributed by atoms with Gasteiger partial charge in [-0.3, -0.25) is 4.79 Å². The van der Waals surface area contributed by atoms with E-state index in [1.165, 1.54) is 7.11 Å². The van der Waals surface area contributed by atoms with E-state index < -0.39 is 0 Å². The van der Waals surface area contributed by atoms with Crippen molar-refractivity contribution < 1.29 is 9.53 Å². The number of carbonyl (C=O) groups is 1. The average Bonchev–Trinajstić information content (AvgIpc) is 2.45. The highest BCUT2D eigenvalue weighted by Gasteiger charge is 2.33. The molecule has 106 valence electrons. The molecule has 1 aromatic rings. The Morgan fingerprint density at radius 1 is 1.21 bits per heavy atom. The van der Waals surface area contributed by atoms with Gasteiger partial charge in [0.05, 0.1) is 19.1 Å². The van der Waals surface area contributed by atoms with E-state index in [1.807, 2.05) is 18.2 Å². The molecule has 1 unspecified atom stereocenters. The number of nitrogens with one attached hydrogen (secondary N) is 1. The summed E-state index contributed by atoms with van der Waals surface area (Å²) < 4.78 is 4.87. The molecule has 0 heterocycles. The summed E-state index contributed by atoms with van der Waals surface area (Å²) in [6, 6.07) is 10.2. The molecule has 1 N–H and O–H groups in total. The van der Waals surface area contributed by atoms with Gasteiger partial charge in [0.1, 0.15) is 0 Å². The molecule has 0 fully saturated rings. The van der Waals surface area contributed by atoms with E-state index in [2.05, 4.69) is 31.3 Å². The van der Waals surface area contributed by atoms with E-state index in [0.717, 1.165) is 31.4 Å². The molecule has 0 aliphatic rings. The number of carbonyl (C=O) groups excluding carboxylic acids is 1. The SMILES string of the molecule is CCCNC(CCC)(CC(=O)OC)c1ccccc1. The van der Waals surface area contributed by atoms with E-state index in [-0.39, 0.29) is 11.5 Å². The fraction of sp³-hybridized carbons (Fsp3) is 0.562. The predicted octanol–water partition coefficient (Wildman–Crippen LogP) is 3.24. The van der Waals surface area contributed by atoms with Gasteiger partial charge in [-0.05, 0) is 24.9 Å². The van der Waals surface area contributed by atoms with Gasteiger partial charge >= 0.3 is 5.97 Å². The fourth-order valence-corrected chi connectivity index (χ4v) is 2.45. The van der Waals surface area contributed by atoms with Gasteiger partial charge < -0.3 is 10.1 Å². The number of esters is 1. The quantitative estimate of drug-likeness (QED) is 0.732. The minimum absolute atomic E-state index is 0.166. The standard InChI is InChI=1S/C16H25NO2/c1-4-11-16(17-12-5-2,13-15(18)19-3)14-9-7-6-8-10-14/h6-10,17H,4-5,11-13H2,1-3H3. The summed E-state index contributed by atoms with van der Waals surface area (Å²) in [6.45, 7) is 5.17. The maximum atomic E-state index is 11.8. The van der Waals surface area contributed by atoms with E-state index in [1.54, 1.807) is 0 Å². The van der Waals surface area contributed by atoms with Gasteiger partial charge in [-0.15, -0.1) is 0 Å².